The minimum absolute atomic E-state index is 0.217. The molecule has 2 aromatic heterocycles. The van der Waals surface area contributed by atoms with Gasteiger partial charge in [-0.25, -0.2) is 18.2 Å². The van der Waals surface area contributed by atoms with Gasteiger partial charge in [0.1, 0.15) is 13.2 Å². The summed E-state index contributed by atoms with van der Waals surface area (Å²) in [7, 11) is 0. The van der Waals surface area contributed by atoms with Gasteiger partial charge in [0.2, 0.25) is 11.8 Å². The minimum atomic E-state index is -1.01. The van der Waals surface area contributed by atoms with Gasteiger partial charge in [0, 0.05) is 68.7 Å². The lowest BCUT2D eigenvalue weighted by atomic mass is 10.0. The highest BCUT2D eigenvalue weighted by atomic mass is 35.5. The number of anilines is 2. The molecule has 0 aliphatic carbocycles. The van der Waals surface area contributed by atoms with Crippen molar-refractivity contribution in [2.45, 2.75) is 32.1 Å². The highest BCUT2D eigenvalue weighted by Gasteiger charge is 2.30. The van der Waals surface area contributed by atoms with E-state index >= 15 is 4.39 Å². The minimum Gasteiger partial charge on any atom is -0.473 e. The quantitative estimate of drug-likeness (QED) is 0.136. The van der Waals surface area contributed by atoms with Crippen LogP contribution in [0.4, 0.5) is 24.7 Å². The van der Waals surface area contributed by atoms with Gasteiger partial charge in [0.15, 0.2) is 23.3 Å². The van der Waals surface area contributed by atoms with E-state index in [0.717, 1.165) is 37.1 Å². The number of pyridine rings is 2. The van der Waals surface area contributed by atoms with E-state index < -0.39 is 17.5 Å². The van der Waals surface area contributed by atoms with Gasteiger partial charge in [-0.15, -0.1) is 0 Å². The Bertz CT molecular complexity index is 1900. The van der Waals surface area contributed by atoms with Gasteiger partial charge in [0.25, 0.3) is 0 Å². The second-order valence-electron chi connectivity index (χ2n) is 12.5. The predicted octanol–water partition coefficient (Wildman–Crippen LogP) is 8.16. The van der Waals surface area contributed by atoms with Crippen LogP contribution in [0.2, 0.25) is 5.02 Å². The van der Waals surface area contributed by atoms with Crippen LogP contribution >= 0.6 is 11.6 Å². The first-order valence-electron chi connectivity index (χ1n) is 16.8. The summed E-state index contributed by atoms with van der Waals surface area (Å²) in [6, 6.07) is 27.9. The molecule has 0 saturated carbocycles. The standard InChI is InChI=1S/C39H37ClF3N5O2/c40-32-12-13-34(37(43)36(32)42)47-21-19-46(20-22-47)30-15-17-48(18-16-30)38-33(41)23-29(24-44-38)31-11-14-35(49-25-27-7-3-1-4-8-27)45-39(31)50-26-28-9-5-2-6-10-28/h1-14,23-24,30H,15-22,25-26H2. The molecule has 0 unspecified atom stereocenters. The fourth-order valence-electron chi connectivity index (χ4n) is 6.63. The summed E-state index contributed by atoms with van der Waals surface area (Å²) in [6.07, 6.45) is 3.36. The first-order chi connectivity index (χ1) is 24.4. The van der Waals surface area contributed by atoms with Crippen molar-refractivity contribution in [1.82, 2.24) is 14.9 Å². The summed E-state index contributed by atoms with van der Waals surface area (Å²) in [6.45, 7) is 4.59. The molecular formula is C39H37ClF3N5O2. The SMILES string of the molecule is Fc1cc(-c2ccc(OCc3ccccc3)nc2OCc2ccccc2)cnc1N1CCC(N2CCN(c3ccc(Cl)c(F)c3F)CC2)CC1. The van der Waals surface area contributed by atoms with Crippen LogP contribution in [0.15, 0.2) is 97.2 Å². The Balaban J connectivity index is 0.998. The summed E-state index contributed by atoms with van der Waals surface area (Å²) < 4.78 is 56.4. The molecule has 5 aromatic rings. The monoisotopic (exact) mass is 699 g/mol. The van der Waals surface area contributed by atoms with E-state index in [1.807, 2.05) is 76.5 Å². The average Bonchev–Trinajstić information content (AvgIpc) is 3.16. The highest BCUT2D eigenvalue weighted by molar-refractivity contribution is 6.30. The third-order valence-corrected chi connectivity index (χ3v) is 9.66. The number of nitrogens with zero attached hydrogens (tertiary/aromatic N) is 5. The van der Waals surface area contributed by atoms with E-state index in [1.165, 1.54) is 18.2 Å². The number of piperidine rings is 1. The number of hydrogen-bond acceptors (Lipinski definition) is 7. The molecular weight excluding hydrogens is 663 g/mol. The molecule has 7 nitrogen and oxygen atoms in total. The Morgan fingerprint density at radius 2 is 1.36 bits per heavy atom. The van der Waals surface area contributed by atoms with Crippen molar-refractivity contribution in [2.24, 2.45) is 0 Å². The largest absolute Gasteiger partial charge is 0.473 e. The third-order valence-electron chi connectivity index (χ3n) is 9.37. The number of hydrogen-bond donors (Lipinski definition) is 0. The lowest BCUT2D eigenvalue weighted by Crippen LogP contribution is -2.53. The molecule has 50 heavy (non-hydrogen) atoms. The lowest BCUT2D eigenvalue weighted by Gasteiger charge is -2.43. The number of piperazine rings is 1. The van der Waals surface area contributed by atoms with Crippen LogP contribution < -0.4 is 19.3 Å². The van der Waals surface area contributed by atoms with Gasteiger partial charge in [0.05, 0.1) is 10.7 Å². The molecule has 2 aliphatic heterocycles. The highest BCUT2D eigenvalue weighted by Crippen LogP contribution is 2.34. The zero-order valence-electron chi connectivity index (χ0n) is 27.5. The van der Waals surface area contributed by atoms with Crippen molar-refractivity contribution in [3.8, 4) is 22.9 Å². The van der Waals surface area contributed by atoms with Crippen LogP contribution in [0.5, 0.6) is 11.8 Å². The molecule has 2 fully saturated rings. The molecule has 0 atom stereocenters. The Kier molecular flexibility index (Phi) is 10.4. The molecule has 0 amide bonds. The van der Waals surface area contributed by atoms with Gasteiger partial charge < -0.3 is 19.3 Å². The normalized spacial score (nSPS) is 15.7. The van der Waals surface area contributed by atoms with Crippen molar-refractivity contribution in [3.05, 3.63) is 131 Å². The first-order valence-corrected chi connectivity index (χ1v) is 17.2. The van der Waals surface area contributed by atoms with Crippen LogP contribution in [0, 0.1) is 17.5 Å². The summed E-state index contributed by atoms with van der Waals surface area (Å²) in [5.74, 6) is -1.27. The third kappa shape index (κ3) is 7.66. The predicted molar refractivity (Wildman–Crippen MR) is 189 cm³/mol. The second-order valence-corrected chi connectivity index (χ2v) is 12.9. The topological polar surface area (TPSA) is 54.0 Å². The molecule has 0 N–H and O–H groups in total. The van der Waals surface area contributed by atoms with Crippen molar-refractivity contribution in [1.29, 1.82) is 0 Å². The van der Waals surface area contributed by atoms with Crippen LogP contribution in [0.1, 0.15) is 24.0 Å². The van der Waals surface area contributed by atoms with Gasteiger partial charge in [-0.3, -0.25) is 4.90 Å². The fourth-order valence-corrected chi connectivity index (χ4v) is 6.78. The molecule has 0 spiro atoms. The average molecular weight is 700 g/mol. The number of ether oxygens (including phenoxy) is 2. The first kappa shape index (κ1) is 33.7. The maximum absolute atomic E-state index is 15.8. The van der Waals surface area contributed by atoms with Gasteiger partial charge in [-0.1, -0.05) is 72.3 Å². The Hall–Kier alpha value is -4.80. The fraction of sp³-hybridized carbons (Fsp3) is 0.282. The summed E-state index contributed by atoms with van der Waals surface area (Å²) in [5, 5.41) is -0.217. The van der Waals surface area contributed by atoms with E-state index in [9.17, 15) is 8.78 Å². The van der Waals surface area contributed by atoms with E-state index in [0.29, 0.717) is 67.5 Å². The molecule has 7 rings (SSSR count). The lowest BCUT2D eigenvalue weighted by molar-refractivity contribution is 0.159. The number of aromatic nitrogens is 2. The molecule has 0 bridgehead atoms. The molecule has 258 valence electrons. The Labute approximate surface area is 294 Å². The molecule has 4 heterocycles. The summed E-state index contributed by atoms with van der Waals surface area (Å²) >= 11 is 5.73. The van der Waals surface area contributed by atoms with Crippen LogP contribution in [0.3, 0.4) is 0 Å². The van der Waals surface area contributed by atoms with Gasteiger partial charge in [-0.2, -0.15) is 4.98 Å². The molecule has 2 saturated heterocycles. The van der Waals surface area contributed by atoms with E-state index in [1.54, 1.807) is 12.3 Å². The van der Waals surface area contributed by atoms with E-state index in [2.05, 4.69) is 14.9 Å². The molecule has 3 aromatic carbocycles. The van der Waals surface area contributed by atoms with Crippen molar-refractivity contribution in [2.75, 3.05) is 49.1 Å². The maximum atomic E-state index is 15.8. The van der Waals surface area contributed by atoms with Gasteiger partial charge >= 0.3 is 0 Å². The van der Waals surface area contributed by atoms with Crippen LogP contribution in [-0.4, -0.2) is 60.2 Å². The molecule has 0 radical (unpaired) electrons. The van der Waals surface area contributed by atoms with Gasteiger partial charge in [-0.05, 0) is 48.2 Å². The zero-order chi connectivity index (χ0) is 34.5. The van der Waals surface area contributed by atoms with E-state index in [4.69, 9.17) is 21.1 Å². The number of benzene rings is 3. The molecule has 11 heteroatoms. The summed E-state index contributed by atoms with van der Waals surface area (Å²) in [4.78, 5) is 15.5. The maximum Gasteiger partial charge on any atom is 0.225 e. The number of halogens is 4. The van der Waals surface area contributed by atoms with E-state index in [-0.39, 0.29) is 17.3 Å². The zero-order valence-corrected chi connectivity index (χ0v) is 28.2. The second kappa shape index (κ2) is 15.4. The van der Waals surface area contributed by atoms with Crippen molar-refractivity contribution < 1.29 is 22.6 Å². The van der Waals surface area contributed by atoms with Crippen molar-refractivity contribution >= 4 is 23.1 Å². The van der Waals surface area contributed by atoms with Crippen molar-refractivity contribution in [3.63, 3.8) is 0 Å². The summed E-state index contributed by atoms with van der Waals surface area (Å²) in [5.41, 5.74) is 3.41. The number of rotatable bonds is 10. The molecule has 2 aliphatic rings. The smallest absolute Gasteiger partial charge is 0.225 e. The van der Waals surface area contributed by atoms with Crippen LogP contribution in [-0.2, 0) is 13.2 Å². The van der Waals surface area contributed by atoms with Crippen LogP contribution in [0.25, 0.3) is 11.1 Å². The Morgan fingerprint density at radius 1 is 0.700 bits per heavy atom. The Morgan fingerprint density at radius 3 is 2.02 bits per heavy atom.